The van der Waals surface area contributed by atoms with Gasteiger partial charge in [-0.2, -0.15) is 0 Å². The van der Waals surface area contributed by atoms with Gasteiger partial charge in [0.1, 0.15) is 11.5 Å². The first kappa shape index (κ1) is 20.9. The van der Waals surface area contributed by atoms with Crippen molar-refractivity contribution in [1.82, 2.24) is 4.90 Å². The molecule has 0 aromatic heterocycles. The lowest BCUT2D eigenvalue weighted by Crippen LogP contribution is -2.32. The number of hydrogen-bond donors (Lipinski definition) is 1. The van der Waals surface area contributed by atoms with E-state index in [4.69, 9.17) is 9.47 Å². The summed E-state index contributed by atoms with van der Waals surface area (Å²) >= 11 is 0. The van der Waals surface area contributed by atoms with Gasteiger partial charge in [0.25, 0.3) is 0 Å². The lowest BCUT2D eigenvalue weighted by molar-refractivity contribution is -0.111. The number of methoxy groups -OCH3 is 2. The van der Waals surface area contributed by atoms with Crippen LogP contribution in [0.15, 0.2) is 48.5 Å². The van der Waals surface area contributed by atoms with Gasteiger partial charge in [-0.15, -0.1) is 0 Å². The van der Waals surface area contributed by atoms with Gasteiger partial charge in [-0.3, -0.25) is 9.69 Å². The van der Waals surface area contributed by atoms with Crippen LogP contribution < -0.4 is 14.8 Å². The molecule has 1 amide bonds. The normalized spacial score (nSPS) is 15.4. The topological polar surface area (TPSA) is 50.8 Å². The summed E-state index contributed by atoms with van der Waals surface area (Å²) < 4.78 is 10.6. The molecule has 29 heavy (non-hydrogen) atoms. The number of benzene rings is 2. The van der Waals surface area contributed by atoms with Gasteiger partial charge in [-0.1, -0.05) is 19.1 Å². The molecule has 2 aromatic rings. The fourth-order valence-corrected chi connectivity index (χ4v) is 3.49. The molecule has 0 atom stereocenters. The van der Waals surface area contributed by atoms with Crippen molar-refractivity contribution in [2.45, 2.75) is 26.3 Å². The highest BCUT2D eigenvalue weighted by Crippen LogP contribution is 2.25. The third-order valence-electron chi connectivity index (χ3n) is 5.36. The Hall–Kier alpha value is -2.79. The molecule has 0 spiro atoms. The molecule has 5 heteroatoms. The Labute approximate surface area is 173 Å². The van der Waals surface area contributed by atoms with E-state index in [1.54, 1.807) is 20.3 Å². The van der Waals surface area contributed by atoms with Gasteiger partial charge in [0.2, 0.25) is 5.91 Å². The number of nitrogens with zero attached hydrogens (tertiary/aromatic N) is 1. The van der Waals surface area contributed by atoms with E-state index in [0.717, 1.165) is 36.8 Å². The van der Waals surface area contributed by atoms with Gasteiger partial charge in [0.15, 0.2) is 0 Å². The number of carbonyl (C=O) groups is 1. The molecule has 1 aliphatic heterocycles. The maximum atomic E-state index is 12.3. The molecule has 0 bridgehead atoms. The van der Waals surface area contributed by atoms with Crippen LogP contribution in [0, 0.1) is 5.92 Å². The van der Waals surface area contributed by atoms with Crippen LogP contribution in [0.2, 0.25) is 0 Å². The molecule has 0 unspecified atom stereocenters. The molecule has 5 nitrogen and oxygen atoms in total. The molecule has 0 radical (unpaired) electrons. The number of likely N-dealkylation sites (tertiary alicyclic amines) is 1. The molecular weight excluding hydrogens is 364 g/mol. The molecule has 0 aliphatic carbocycles. The second-order valence-electron chi connectivity index (χ2n) is 7.59. The summed E-state index contributed by atoms with van der Waals surface area (Å²) in [5.41, 5.74) is 2.84. The Morgan fingerprint density at radius 3 is 2.48 bits per heavy atom. The third kappa shape index (κ3) is 6.09. The number of amides is 1. The van der Waals surface area contributed by atoms with Crippen molar-refractivity contribution < 1.29 is 14.3 Å². The minimum atomic E-state index is -0.187. The van der Waals surface area contributed by atoms with Crippen molar-refractivity contribution in [1.29, 1.82) is 0 Å². The first-order valence-corrected chi connectivity index (χ1v) is 10.1. The van der Waals surface area contributed by atoms with E-state index in [1.165, 1.54) is 24.5 Å². The number of rotatable bonds is 7. The first-order valence-electron chi connectivity index (χ1n) is 10.1. The largest absolute Gasteiger partial charge is 0.497 e. The third-order valence-corrected chi connectivity index (χ3v) is 5.36. The fraction of sp³-hybridized carbons (Fsp3) is 0.375. The summed E-state index contributed by atoms with van der Waals surface area (Å²) in [5, 5.41) is 2.90. The predicted octanol–water partition coefficient (Wildman–Crippen LogP) is 4.59. The minimum absolute atomic E-state index is 0.187. The van der Waals surface area contributed by atoms with E-state index in [9.17, 15) is 4.79 Å². The second-order valence-corrected chi connectivity index (χ2v) is 7.59. The van der Waals surface area contributed by atoms with Gasteiger partial charge >= 0.3 is 0 Å². The lowest BCUT2D eigenvalue weighted by atomic mass is 9.99. The summed E-state index contributed by atoms with van der Waals surface area (Å²) in [6.07, 6.45) is 5.78. The summed E-state index contributed by atoms with van der Waals surface area (Å²) in [6, 6.07) is 13.6. The molecule has 1 fully saturated rings. The smallest absolute Gasteiger partial charge is 0.248 e. The monoisotopic (exact) mass is 394 g/mol. The molecule has 1 N–H and O–H groups in total. The Morgan fingerprint density at radius 2 is 1.83 bits per heavy atom. The second kappa shape index (κ2) is 10.1. The fourth-order valence-electron chi connectivity index (χ4n) is 3.49. The van der Waals surface area contributed by atoms with Crippen molar-refractivity contribution in [2.75, 3.05) is 32.6 Å². The van der Waals surface area contributed by atoms with Gasteiger partial charge in [-0.05, 0) is 73.8 Å². The standard InChI is InChI=1S/C24H30N2O3/c1-18-12-14-26(15-13-18)17-19-4-7-21(8-5-19)25-24(27)11-6-20-16-22(28-2)9-10-23(20)29-3/h4-11,16,18H,12-15,17H2,1-3H3,(H,25,27)/b11-6+. The molecule has 154 valence electrons. The van der Waals surface area contributed by atoms with E-state index in [1.807, 2.05) is 30.3 Å². The molecule has 2 aromatic carbocycles. The van der Waals surface area contributed by atoms with Crippen LogP contribution in [0.25, 0.3) is 6.08 Å². The number of ether oxygens (including phenoxy) is 2. The van der Waals surface area contributed by atoms with E-state index >= 15 is 0 Å². The van der Waals surface area contributed by atoms with Gasteiger partial charge in [0.05, 0.1) is 14.2 Å². The quantitative estimate of drug-likeness (QED) is 0.698. The van der Waals surface area contributed by atoms with Crippen molar-refractivity contribution in [2.24, 2.45) is 5.92 Å². The maximum Gasteiger partial charge on any atom is 0.248 e. The highest BCUT2D eigenvalue weighted by molar-refractivity contribution is 6.02. The van der Waals surface area contributed by atoms with Crippen molar-refractivity contribution >= 4 is 17.7 Å². The van der Waals surface area contributed by atoms with Crippen molar-refractivity contribution in [3.05, 3.63) is 59.7 Å². The Balaban J connectivity index is 1.56. The summed E-state index contributed by atoms with van der Waals surface area (Å²) in [7, 11) is 3.21. The average molecular weight is 395 g/mol. The zero-order valence-corrected chi connectivity index (χ0v) is 17.5. The Kier molecular flexibility index (Phi) is 7.30. The SMILES string of the molecule is COc1ccc(OC)c(/C=C/C(=O)Nc2ccc(CN3CCC(C)CC3)cc2)c1. The highest BCUT2D eigenvalue weighted by atomic mass is 16.5. The van der Waals surface area contributed by atoms with Crippen LogP contribution in [0.5, 0.6) is 11.5 Å². The number of hydrogen-bond acceptors (Lipinski definition) is 4. The Morgan fingerprint density at radius 1 is 1.10 bits per heavy atom. The van der Waals surface area contributed by atoms with Crippen LogP contribution >= 0.6 is 0 Å². The van der Waals surface area contributed by atoms with Crippen molar-refractivity contribution in [3.8, 4) is 11.5 Å². The summed E-state index contributed by atoms with van der Waals surface area (Å²) in [4.78, 5) is 14.8. The number of anilines is 1. The summed E-state index contributed by atoms with van der Waals surface area (Å²) in [6.45, 7) is 5.63. The summed E-state index contributed by atoms with van der Waals surface area (Å²) in [5.74, 6) is 2.05. The van der Waals surface area contributed by atoms with Gasteiger partial charge in [-0.25, -0.2) is 0 Å². The van der Waals surface area contributed by atoms with E-state index in [-0.39, 0.29) is 5.91 Å². The molecule has 0 saturated carbocycles. The van der Waals surface area contributed by atoms with E-state index in [2.05, 4.69) is 29.3 Å². The van der Waals surface area contributed by atoms with Crippen LogP contribution in [0.1, 0.15) is 30.9 Å². The minimum Gasteiger partial charge on any atom is -0.497 e. The number of nitrogens with one attached hydrogen (secondary N) is 1. The zero-order chi connectivity index (χ0) is 20.6. The molecule has 1 saturated heterocycles. The van der Waals surface area contributed by atoms with E-state index < -0.39 is 0 Å². The molecular formula is C24H30N2O3. The lowest BCUT2D eigenvalue weighted by Gasteiger charge is -2.30. The average Bonchev–Trinajstić information content (AvgIpc) is 2.75. The van der Waals surface area contributed by atoms with Crippen molar-refractivity contribution in [3.63, 3.8) is 0 Å². The number of piperidine rings is 1. The van der Waals surface area contributed by atoms with E-state index in [0.29, 0.717) is 11.5 Å². The van der Waals surface area contributed by atoms with Gasteiger partial charge < -0.3 is 14.8 Å². The maximum absolute atomic E-state index is 12.3. The Bertz CT molecular complexity index is 838. The van der Waals surface area contributed by atoms with Crippen LogP contribution in [-0.2, 0) is 11.3 Å². The van der Waals surface area contributed by atoms with Gasteiger partial charge in [0, 0.05) is 23.9 Å². The highest BCUT2D eigenvalue weighted by Gasteiger charge is 2.15. The van der Waals surface area contributed by atoms with Crippen LogP contribution in [0.3, 0.4) is 0 Å². The molecule has 1 heterocycles. The number of carbonyl (C=O) groups excluding carboxylic acids is 1. The molecule has 3 rings (SSSR count). The van der Waals surface area contributed by atoms with Crippen LogP contribution in [-0.4, -0.2) is 38.1 Å². The molecule has 1 aliphatic rings. The zero-order valence-electron chi connectivity index (χ0n) is 17.5. The predicted molar refractivity (Wildman–Crippen MR) is 117 cm³/mol. The first-order chi connectivity index (χ1) is 14.1. The van der Waals surface area contributed by atoms with Crippen LogP contribution in [0.4, 0.5) is 5.69 Å².